The Morgan fingerprint density at radius 2 is 2.12 bits per heavy atom. The van der Waals surface area contributed by atoms with Gasteiger partial charge in [-0.1, -0.05) is 18.2 Å². The molecular formula is C20H27N3O2. The van der Waals surface area contributed by atoms with E-state index in [1.807, 2.05) is 18.3 Å². The lowest BCUT2D eigenvalue weighted by atomic mass is 9.92. The second-order valence-electron chi connectivity index (χ2n) is 7.77. The van der Waals surface area contributed by atoms with Gasteiger partial charge in [0.1, 0.15) is 5.75 Å². The van der Waals surface area contributed by atoms with Crippen LogP contribution in [0.4, 0.5) is 0 Å². The Morgan fingerprint density at radius 1 is 1.36 bits per heavy atom. The number of amides is 1. The SMILES string of the molecule is CC(C)(C)n1ncc2c1CCC[C@@H]2NC(=O)CCc1ccccc1O. The molecule has 1 aromatic heterocycles. The summed E-state index contributed by atoms with van der Waals surface area (Å²) in [6, 6.07) is 7.21. The van der Waals surface area contributed by atoms with Crippen LogP contribution in [-0.4, -0.2) is 20.8 Å². The topological polar surface area (TPSA) is 67.2 Å². The first-order valence-corrected chi connectivity index (χ1v) is 9.00. The van der Waals surface area contributed by atoms with Gasteiger partial charge in [0.2, 0.25) is 5.91 Å². The molecule has 1 heterocycles. The Kier molecular flexibility index (Phi) is 4.84. The number of phenols is 1. The van der Waals surface area contributed by atoms with Gasteiger partial charge in [0.05, 0.1) is 17.8 Å². The van der Waals surface area contributed by atoms with Gasteiger partial charge in [-0.15, -0.1) is 0 Å². The van der Waals surface area contributed by atoms with Crippen LogP contribution in [0, 0.1) is 0 Å². The molecule has 1 amide bonds. The fraction of sp³-hybridized carbons (Fsp3) is 0.500. The van der Waals surface area contributed by atoms with Crippen LogP contribution in [0.25, 0.3) is 0 Å². The first-order valence-electron chi connectivity index (χ1n) is 9.00. The van der Waals surface area contributed by atoms with E-state index >= 15 is 0 Å². The monoisotopic (exact) mass is 341 g/mol. The number of nitrogens with zero attached hydrogens (tertiary/aromatic N) is 2. The molecule has 0 aliphatic heterocycles. The zero-order valence-electron chi connectivity index (χ0n) is 15.2. The van der Waals surface area contributed by atoms with Crippen molar-refractivity contribution in [3.05, 3.63) is 47.3 Å². The molecule has 0 bridgehead atoms. The van der Waals surface area contributed by atoms with E-state index in [0.717, 1.165) is 30.4 Å². The summed E-state index contributed by atoms with van der Waals surface area (Å²) in [5.74, 6) is 0.270. The van der Waals surface area contributed by atoms with Gasteiger partial charge in [0, 0.05) is 17.7 Å². The molecule has 0 saturated carbocycles. The molecule has 2 aromatic rings. The van der Waals surface area contributed by atoms with Crippen LogP contribution in [-0.2, 0) is 23.2 Å². The van der Waals surface area contributed by atoms with E-state index in [9.17, 15) is 9.90 Å². The maximum absolute atomic E-state index is 12.4. The van der Waals surface area contributed by atoms with Gasteiger partial charge < -0.3 is 10.4 Å². The second kappa shape index (κ2) is 6.90. The highest BCUT2D eigenvalue weighted by molar-refractivity contribution is 5.77. The normalized spacial score (nSPS) is 17.2. The van der Waals surface area contributed by atoms with Crippen molar-refractivity contribution in [1.29, 1.82) is 0 Å². The molecule has 1 aliphatic carbocycles. The zero-order chi connectivity index (χ0) is 18.0. The summed E-state index contributed by atoms with van der Waals surface area (Å²) in [4.78, 5) is 12.4. The fourth-order valence-corrected chi connectivity index (χ4v) is 3.52. The average molecular weight is 341 g/mol. The Morgan fingerprint density at radius 3 is 2.84 bits per heavy atom. The average Bonchev–Trinajstić information content (AvgIpc) is 2.99. The van der Waals surface area contributed by atoms with Gasteiger partial charge in [0.25, 0.3) is 0 Å². The molecule has 0 fully saturated rings. The standard InChI is InChI=1S/C20H27N3O2/c1-20(2,3)23-17-9-6-8-16(15(17)13-21-23)22-19(25)12-11-14-7-4-5-10-18(14)24/h4-5,7,10,13,16,24H,6,8-9,11-12H2,1-3H3,(H,22,25)/t16-/m0/s1. The minimum atomic E-state index is -0.0513. The van der Waals surface area contributed by atoms with Crippen molar-refractivity contribution < 1.29 is 9.90 Å². The van der Waals surface area contributed by atoms with E-state index in [4.69, 9.17) is 0 Å². The van der Waals surface area contributed by atoms with Gasteiger partial charge in [-0.2, -0.15) is 5.10 Å². The van der Waals surface area contributed by atoms with E-state index in [1.54, 1.807) is 12.1 Å². The van der Waals surface area contributed by atoms with E-state index in [1.165, 1.54) is 5.69 Å². The number of carbonyl (C=O) groups excluding carboxylic acids is 1. The molecule has 3 rings (SSSR count). The van der Waals surface area contributed by atoms with Crippen molar-refractivity contribution in [2.45, 2.75) is 64.5 Å². The third-order valence-electron chi connectivity index (χ3n) is 4.77. The minimum Gasteiger partial charge on any atom is -0.508 e. The molecule has 25 heavy (non-hydrogen) atoms. The lowest BCUT2D eigenvalue weighted by Gasteiger charge is -2.28. The Hall–Kier alpha value is -2.30. The number of hydrogen-bond acceptors (Lipinski definition) is 3. The predicted molar refractivity (Wildman–Crippen MR) is 97.5 cm³/mol. The number of aryl methyl sites for hydroxylation is 1. The summed E-state index contributed by atoms with van der Waals surface area (Å²) >= 11 is 0. The van der Waals surface area contributed by atoms with Crippen molar-refractivity contribution in [1.82, 2.24) is 15.1 Å². The molecule has 5 nitrogen and oxygen atoms in total. The van der Waals surface area contributed by atoms with E-state index in [2.05, 4.69) is 35.9 Å². The highest BCUT2D eigenvalue weighted by atomic mass is 16.3. The smallest absolute Gasteiger partial charge is 0.220 e. The third-order valence-corrected chi connectivity index (χ3v) is 4.77. The lowest BCUT2D eigenvalue weighted by molar-refractivity contribution is -0.121. The molecule has 0 saturated heterocycles. The maximum atomic E-state index is 12.4. The molecular weight excluding hydrogens is 314 g/mol. The molecule has 1 aliphatic rings. The summed E-state index contributed by atoms with van der Waals surface area (Å²) in [5.41, 5.74) is 3.15. The fourth-order valence-electron chi connectivity index (χ4n) is 3.52. The molecule has 0 radical (unpaired) electrons. The Bertz CT molecular complexity index is 759. The van der Waals surface area contributed by atoms with Crippen LogP contribution in [0.2, 0.25) is 0 Å². The molecule has 2 N–H and O–H groups in total. The zero-order valence-corrected chi connectivity index (χ0v) is 15.2. The summed E-state index contributed by atoms with van der Waals surface area (Å²) in [6.07, 6.45) is 5.84. The summed E-state index contributed by atoms with van der Waals surface area (Å²) in [5, 5.41) is 17.5. The molecule has 1 aromatic carbocycles. The number of fused-ring (bicyclic) bond motifs is 1. The number of para-hydroxylation sites is 1. The van der Waals surface area contributed by atoms with Crippen molar-refractivity contribution in [2.24, 2.45) is 0 Å². The predicted octanol–water partition coefficient (Wildman–Crippen LogP) is 3.47. The first kappa shape index (κ1) is 17.5. The number of carbonyl (C=O) groups is 1. The molecule has 0 unspecified atom stereocenters. The van der Waals surface area contributed by atoms with Crippen LogP contribution in [0.15, 0.2) is 30.5 Å². The van der Waals surface area contributed by atoms with Gasteiger partial charge in [-0.3, -0.25) is 9.48 Å². The highest BCUT2D eigenvalue weighted by Gasteiger charge is 2.28. The van der Waals surface area contributed by atoms with E-state index in [-0.39, 0.29) is 23.2 Å². The van der Waals surface area contributed by atoms with E-state index < -0.39 is 0 Å². The van der Waals surface area contributed by atoms with Crippen molar-refractivity contribution in [3.63, 3.8) is 0 Å². The summed E-state index contributed by atoms with van der Waals surface area (Å²) in [7, 11) is 0. The number of hydrogen-bond donors (Lipinski definition) is 2. The second-order valence-corrected chi connectivity index (χ2v) is 7.77. The van der Waals surface area contributed by atoms with Crippen LogP contribution in [0.3, 0.4) is 0 Å². The van der Waals surface area contributed by atoms with Crippen LogP contribution >= 0.6 is 0 Å². The number of benzene rings is 1. The van der Waals surface area contributed by atoms with Gasteiger partial charge in [0.15, 0.2) is 0 Å². The maximum Gasteiger partial charge on any atom is 0.220 e. The van der Waals surface area contributed by atoms with Gasteiger partial charge >= 0.3 is 0 Å². The van der Waals surface area contributed by atoms with Crippen molar-refractivity contribution in [3.8, 4) is 5.75 Å². The van der Waals surface area contributed by atoms with Gasteiger partial charge in [-0.25, -0.2) is 0 Å². The van der Waals surface area contributed by atoms with Crippen LogP contribution in [0.5, 0.6) is 5.75 Å². The number of nitrogens with one attached hydrogen (secondary N) is 1. The quantitative estimate of drug-likeness (QED) is 0.895. The Labute approximate surface area is 149 Å². The molecule has 5 heteroatoms. The number of rotatable bonds is 4. The molecule has 134 valence electrons. The van der Waals surface area contributed by atoms with Crippen molar-refractivity contribution >= 4 is 5.91 Å². The Balaban J connectivity index is 1.66. The number of phenolic OH excluding ortho intramolecular Hbond substituents is 1. The minimum absolute atomic E-state index is 0.0182. The first-order chi connectivity index (χ1) is 11.9. The number of aromatic nitrogens is 2. The lowest BCUT2D eigenvalue weighted by Crippen LogP contribution is -2.32. The van der Waals surface area contributed by atoms with Crippen LogP contribution in [0.1, 0.15) is 62.9 Å². The molecule has 0 spiro atoms. The van der Waals surface area contributed by atoms with Crippen molar-refractivity contribution in [2.75, 3.05) is 0 Å². The van der Waals surface area contributed by atoms with E-state index in [0.29, 0.717) is 12.8 Å². The highest BCUT2D eigenvalue weighted by Crippen LogP contribution is 2.32. The third kappa shape index (κ3) is 3.86. The van der Waals surface area contributed by atoms with Crippen LogP contribution < -0.4 is 5.32 Å². The largest absolute Gasteiger partial charge is 0.508 e. The van der Waals surface area contributed by atoms with Gasteiger partial charge in [-0.05, 0) is 58.1 Å². The molecule has 1 atom stereocenters. The summed E-state index contributed by atoms with van der Waals surface area (Å²) in [6.45, 7) is 6.44. The summed E-state index contributed by atoms with van der Waals surface area (Å²) < 4.78 is 2.09. The number of aromatic hydroxyl groups is 1.